The Morgan fingerprint density at radius 1 is 1.39 bits per heavy atom. The minimum atomic E-state index is -0.0211. The van der Waals surface area contributed by atoms with E-state index in [0.717, 1.165) is 23.7 Å². The number of nitrogens with zero attached hydrogens (tertiary/aromatic N) is 1. The molecule has 0 aromatic heterocycles. The molecule has 2 rings (SSSR count). The Kier molecular flexibility index (Phi) is 4.08. The van der Waals surface area contributed by atoms with E-state index in [2.05, 4.69) is 11.8 Å². The molecule has 1 saturated heterocycles. The van der Waals surface area contributed by atoms with Crippen LogP contribution in [0.5, 0.6) is 0 Å². The molecule has 1 aromatic rings. The van der Waals surface area contributed by atoms with Crippen LogP contribution in [0.4, 0.5) is 0 Å². The fraction of sp³-hybridized carbons (Fsp3) is 0.533. The number of ketones is 1. The third-order valence-corrected chi connectivity index (χ3v) is 3.84. The van der Waals surface area contributed by atoms with E-state index in [1.54, 1.807) is 0 Å². The molecular weight excluding hydrogens is 246 g/mol. The average Bonchev–Trinajstić information content (AvgIpc) is 3.02. The molecule has 3 atom stereocenters. The van der Waals surface area contributed by atoms with Gasteiger partial charge in [-0.15, -0.1) is 0 Å². The predicted octanol–water partition coefficient (Wildman–Crippen LogP) is 3.35. The lowest BCUT2D eigenvalue weighted by atomic mass is 9.89. The van der Waals surface area contributed by atoms with Crippen LogP contribution in [-0.4, -0.2) is 29.8 Å². The van der Waals surface area contributed by atoms with Gasteiger partial charge in [0.05, 0.1) is 5.92 Å². The smallest absolute Gasteiger partial charge is 0.144 e. The van der Waals surface area contributed by atoms with Gasteiger partial charge < -0.3 is 0 Å². The molecule has 18 heavy (non-hydrogen) atoms. The maximum Gasteiger partial charge on any atom is 0.144 e. The van der Waals surface area contributed by atoms with E-state index < -0.39 is 0 Å². The summed E-state index contributed by atoms with van der Waals surface area (Å²) in [5.74, 6) is 0.365. The molecule has 1 heterocycles. The third-order valence-electron chi connectivity index (χ3n) is 3.59. The van der Waals surface area contributed by atoms with E-state index in [1.807, 2.05) is 38.1 Å². The van der Waals surface area contributed by atoms with Crippen LogP contribution in [0.15, 0.2) is 24.3 Å². The zero-order valence-electron chi connectivity index (χ0n) is 11.2. The van der Waals surface area contributed by atoms with Crippen LogP contribution >= 0.6 is 11.6 Å². The summed E-state index contributed by atoms with van der Waals surface area (Å²) >= 11 is 5.90. The number of halogens is 1. The maximum absolute atomic E-state index is 12.3. The largest absolute Gasteiger partial charge is 0.299 e. The van der Waals surface area contributed by atoms with E-state index in [4.69, 9.17) is 11.6 Å². The highest BCUT2D eigenvalue weighted by Crippen LogP contribution is 2.28. The fourth-order valence-corrected chi connectivity index (χ4v) is 2.36. The van der Waals surface area contributed by atoms with Crippen molar-refractivity contribution in [3.63, 3.8) is 0 Å². The van der Waals surface area contributed by atoms with Crippen molar-refractivity contribution in [1.29, 1.82) is 0 Å². The highest BCUT2D eigenvalue weighted by molar-refractivity contribution is 6.30. The number of hydrogen-bond acceptors (Lipinski definition) is 2. The second-order valence-corrected chi connectivity index (χ2v) is 5.90. The molecule has 1 fully saturated rings. The van der Waals surface area contributed by atoms with Crippen molar-refractivity contribution in [3.8, 4) is 0 Å². The summed E-state index contributed by atoms with van der Waals surface area (Å²) in [5.41, 5.74) is 1.08. The molecule has 0 N–H and O–H groups in total. The van der Waals surface area contributed by atoms with Crippen LogP contribution in [0.25, 0.3) is 0 Å². The van der Waals surface area contributed by atoms with E-state index >= 15 is 0 Å². The van der Waals surface area contributed by atoms with Gasteiger partial charge in [0.2, 0.25) is 0 Å². The average molecular weight is 266 g/mol. The summed E-state index contributed by atoms with van der Waals surface area (Å²) in [5, 5.41) is 0.717. The maximum atomic E-state index is 12.3. The standard InChI is InChI=1S/C15H20ClNO/c1-10(2)15(18)14(9-17-8-11(17)3)12-4-6-13(16)7-5-12/h4-7,10-11,14H,8-9H2,1-3H3. The van der Waals surface area contributed by atoms with Crippen LogP contribution in [0.1, 0.15) is 32.3 Å². The van der Waals surface area contributed by atoms with Crippen LogP contribution in [-0.2, 0) is 4.79 Å². The highest BCUT2D eigenvalue weighted by Gasteiger charge is 2.34. The quantitative estimate of drug-likeness (QED) is 0.761. The molecule has 0 aliphatic carbocycles. The fourth-order valence-electron chi connectivity index (χ4n) is 2.24. The number of hydrogen-bond donors (Lipinski definition) is 0. The summed E-state index contributed by atoms with van der Waals surface area (Å²) in [6.45, 7) is 8.07. The van der Waals surface area contributed by atoms with Gasteiger partial charge >= 0.3 is 0 Å². The number of carbonyl (C=O) groups is 1. The molecule has 0 radical (unpaired) electrons. The topological polar surface area (TPSA) is 20.1 Å². The molecule has 0 saturated carbocycles. The molecule has 2 nitrogen and oxygen atoms in total. The van der Waals surface area contributed by atoms with Gasteiger partial charge in [0.1, 0.15) is 5.78 Å². The Labute approximate surface area is 114 Å². The first kappa shape index (κ1) is 13.6. The summed E-state index contributed by atoms with van der Waals surface area (Å²) in [6.07, 6.45) is 0. The summed E-state index contributed by atoms with van der Waals surface area (Å²) in [7, 11) is 0. The first-order valence-corrected chi connectivity index (χ1v) is 6.90. The lowest BCUT2D eigenvalue weighted by Crippen LogP contribution is -2.25. The Balaban J connectivity index is 2.17. The van der Waals surface area contributed by atoms with Gasteiger partial charge in [-0.3, -0.25) is 9.69 Å². The van der Waals surface area contributed by atoms with E-state index in [1.165, 1.54) is 0 Å². The number of Topliss-reactive ketones (excluding diaryl/α,β-unsaturated/α-hetero) is 1. The van der Waals surface area contributed by atoms with Crippen molar-refractivity contribution in [3.05, 3.63) is 34.9 Å². The van der Waals surface area contributed by atoms with E-state index in [0.29, 0.717) is 11.8 Å². The first-order chi connectivity index (χ1) is 8.49. The lowest BCUT2D eigenvalue weighted by Gasteiger charge is -2.19. The first-order valence-electron chi connectivity index (χ1n) is 6.52. The van der Waals surface area contributed by atoms with Gasteiger partial charge in [-0.25, -0.2) is 0 Å². The summed E-state index contributed by atoms with van der Waals surface area (Å²) < 4.78 is 0. The summed E-state index contributed by atoms with van der Waals surface area (Å²) in [6, 6.07) is 8.30. The van der Waals surface area contributed by atoms with Gasteiger partial charge in [-0.05, 0) is 24.6 Å². The normalized spacial score (nSPS) is 24.1. The molecule has 3 unspecified atom stereocenters. The Bertz CT molecular complexity index is 427. The second-order valence-electron chi connectivity index (χ2n) is 5.46. The van der Waals surface area contributed by atoms with Gasteiger partial charge in [-0.2, -0.15) is 0 Å². The lowest BCUT2D eigenvalue weighted by molar-refractivity contribution is -0.123. The summed E-state index contributed by atoms with van der Waals surface area (Å²) in [4.78, 5) is 14.7. The van der Waals surface area contributed by atoms with E-state index in [9.17, 15) is 4.79 Å². The van der Waals surface area contributed by atoms with Crippen molar-refractivity contribution in [2.45, 2.75) is 32.7 Å². The molecule has 1 aliphatic rings. The molecule has 0 amide bonds. The van der Waals surface area contributed by atoms with Crippen LogP contribution in [0.2, 0.25) is 5.02 Å². The van der Waals surface area contributed by atoms with Gasteiger partial charge in [-0.1, -0.05) is 37.6 Å². The molecule has 1 aliphatic heterocycles. The Morgan fingerprint density at radius 2 is 1.94 bits per heavy atom. The van der Waals surface area contributed by atoms with Crippen molar-refractivity contribution in [2.75, 3.05) is 13.1 Å². The SMILES string of the molecule is CC(C)C(=O)C(CN1CC1C)c1ccc(Cl)cc1. The molecule has 0 bridgehead atoms. The van der Waals surface area contributed by atoms with Gasteiger partial charge in [0.25, 0.3) is 0 Å². The molecule has 3 heteroatoms. The van der Waals surface area contributed by atoms with Crippen molar-refractivity contribution < 1.29 is 4.79 Å². The monoisotopic (exact) mass is 265 g/mol. The van der Waals surface area contributed by atoms with Crippen molar-refractivity contribution >= 4 is 17.4 Å². The zero-order chi connectivity index (χ0) is 13.3. The molecule has 0 spiro atoms. The minimum absolute atomic E-state index is 0.0211. The molecule has 1 aromatic carbocycles. The number of benzene rings is 1. The third kappa shape index (κ3) is 3.12. The zero-order valence-corrected chi connectivity index (χ0v) is 11.9. The van der Waals surface area contributed by atoms with Gasteiger partial charge in [0.15, 0.2) is 0 Å². The highest BCUT2D eigenvalue weighted by atomic mass is 35.5. The minimum Gasteiger partial charge on any atom is -0.299 e. The second kappa shape index (κ2) is 5.41. The van der Waals surface area contributed by atoms with Crippen LogP contribution < -0.4 is 0 Å². The molecule has 98 valence electrons. The Morgan fingerprint density at radius 3 is 2.39 bits per heavy atom. The van der Waals surface area contributed by atoms with Crippen LogP contribution in [0.3, 0.4) is 0 Å². The van der Waals surface area contributed by atoms with Gasteiger partial charge in [0, 0.05) is 30.1 Å². The van der Waals surface area contributed by atoms with Crippen LogP contribution in [0, 0.1) is 5.92 Å². The predicted molar refractivity (Wildman–Crippen MR) is 75.1 cm³/mol. The Hall–Kier alpha value is -0.860. The van der Waals surface area contributed by atoms with Crippen molar-refractivity contribution in [1.82, 2.24) is 4.90 Å². The molecular formula is C15H20ClNO. The van der Waals surface area contributed by atoms with Crippen molar-refractivity contribution in [2.24, 2.45) is 5.92 Å². The number of rotatable bonds is 5. The van der Waals surface area contributed by atoms with E-state index in [-0.39, 0.29) is 11.8 Å². The number of carbonyl (C=O) groups excluding carboxylic acids is 1.